The molecule has 0 saturated carbocycles. The number of aromatic nitrogens is 2. The van der Waals surface area contributed by atoms with Gasteiger partial charge in [0.2, 0.25) is 0 Å². The second-order valence-electron chi connectivity index (χ2n) is 8.18. The number of nitrogens with one attached hydrogen (secondary N) is 1. The van der Waals surface area contributed by atoms with Crippen LogP contribution in [0.4, 0.5) is 5.82 Å². The Kier molecular flexibility index (Phi) is 6.41. The SMILES string of the molecule is Cc1ccc(-n2ncc(C(=O)N3CCCCC3CCO)c2NC(=O)c2ccco2)cc1C. The highest BCUT2D eigenvalue weighted by Crippen LogP contribution is 2.28. The number of aliphatic hydroxyl groups is 1. The Bertz CT molecular complexity index is 1100. The molecular weight excluding hydrogens is 408 g/mol. The number of hydrogen-bond donors (Lipinski definition) is 2. The van der Waals surface area contributed by atoms with E-state index in [0.29, 0.717) is 24.3 Å². The summed E-state index contributed by atoms with van der Waals surface area (Å²) in [7, 11) is 0. The van der Waals surface area contributed by atoms with Gasteiger partial charge in [0.25, 0.3) is 11.8 Å². The lowest BCUT2D eigenvalue weighted by Crippen LogP contribution is -2.44. The first-order valence-corrected chi connectivity index (χ1v) is 10.9. The zero-order chi connectivity index (χ0) is 22.7. The molecule has 1 unspecified atom stereocenters. The van der Waals surface area contributed by atoms with E-state index in [2.05, 4.69) is 10.4 Å². The highest BCUT2D eigenvalue weighted by Gasteiger charge is 2.31. The van der Waals surface area contributed by atoms with Gasteiger partial charge in [-0.15, -0.1) is 0 Å². The van der Waals surface area contributed by atoms with Gasteiger partial charge in [0.05, 0.1) is 18.1 Å². The van der Waals surface area contributed by atoms with Crippen molar-refractivity contribution < 1.29 is 19.1 Å². The van der Waals surface area contributed by atoms with Gasteiger partial charge in [0.15, 0.2) is 5.76 Å². The summed E-state index contributed by atoms with van der Waals surface area (Å²) in [6.07, 6.45) is 6.25. The largest absolute Gasteiger partial charge is 0.459 e. The number of hydrogen-bond acceptors (Lipinski definition) is 5. The van der Waals surface area contributed by atoms with Crippen LogP contribution >= 0.6 is 0 Å². The summed E-state index contributed by atoms with van der Waals surface area (Å²) in [5.74, 6) is -0.214. The van der Waals surface area contributed by atoms with Gasteiger partial charge in [0, 0.05) is 19.2 Å². The van der Waals surface area contributed by atoms with Crippen LogP contribution in [0.25, 0.3) is 5.69 Å². The Hall–Kier alpha value is -3.39. The number of carbonyl (C=O) groups excluding carboxylic acids is 2. The van der Waals surface area contributed by atoms with Crippen LogP contribution in [0.3, 0.4) is 0 Å². The third kappa shape index (κ3) is 4.31. The number of aryl methyl sites for hydroxylation is 2. The second kappa shape index (κ2) is 9.40. The van der Waals surface area contributed by atoms with Crippen molar-refractivity contribution in [3.8, 4) is 5.69 Å². The molecule has 0 aliphatic carbocycles. The van der Waals surface area contributed by atoms with Gasteiger partial charge in [-0.1, -0.05) is 6.07 Å². The Morgan fingerprint density at radius 3 is 2.78 bits per heavy atom. The first-order valence-electron chi connectivity index (χ1n) is 10.9. The first-order chi connectivity index (χ1) is 15.5. The number of benzene rings is 1. The molecule has 3 aromatic rings. The van der Waals surface area contributed by atoms with Crippen LogP contribution in [0.15, 0.2) is 47.2 Å². The predicted molar refractivity (Wildman–Crippen MR) is 120 cm³/mol. The maximum absolute atomic E-state index is 13.6. The quantitative estimate of drug-likeness (QED) is 0.614. The summed E-state index contributed by atoms with van der Waals surface area (Å²) >= 11 is 0. The van der Waals surface area contributed by atoms with Crippen molar-refractivity contribution >= 4 is 17.6 Å². The van der Waals surface area contributed by atoms with E-state index in [1.165, 1.54) is 12.5 Å². The number of amides is 2. The summed E-state index contributed by atoms with van der Waals surface area (Å²) in [5, 5.41) is 16.7. The maximum atomic E-state index is 13.6. The average molecular weight is 437 g/mol. The van der Waals surface area contributed by atoms with Gasteiger partial charge in [-0.3, -0.25) is 9.59 Å². The molecule has 0 bridgehead atoms. The summed E-state index contributed by atoms with van der Waals surface area (Å²) in [4.78, 5) is 28.1. The van der Waals surface area contributed by atoms with Crippen LogP contribution in [0, 0.1) is 13.8 Å². The minimum absolute atomic E-state index is 0.0262. The molecule has 1 aromatic carbocycles. The zero-order valence-corrected chi connectivity index (χ0v) is 18.4. The van der Waals surface area contributed by atoms with Gasteiger partial charge < -0.3 is 19.7 Å². The van der Waals surface area contributed by atoms with E-state index < -0.39 is 5.91 Å². The third-order valence-electron chi connectivity index (χ3n) is 6.06. The van der Waals surface area contributed by atoms with Crippen molar-refractivity contribution in [1.29, 1.82) is 0 Å². The molecule has 2 aromatic heterocycles. The van der Waals surface area contributed by atoms with Crippen LogP contribution in [-0.2, 0) is 0 Å². The Morgan fingerprint density at radius 1 is 1.22 bits per heavy atom. The molecule has 1 aliphatic heterocycles. The Balaban J connectivity index is 1.74. The highest BCUT2D eigenvalue weighted by atomic mass is 16.3. The molecule has 8 heteroatoms. The number of nitrogens with zero attached hydrogens (tertiary/aromatic N) is 3. The van der Waals surface area contributed by atoms with Crippen molar-refractivity contribution in [2.75, 3.05) is 18.5 Å². The standard InChI is InChI=1S/C24H28N4O4/c1-16-8-9-19(14-17(16)2)28-22(26-23(30)21-7-5-13-32-21)20(15-25-28)24(31)27-11-4-3-6-18(27)10-12-29/h5,7-9,13-15,18,29H,3-4,6,10-12H2,1-2H3,(H,26,30). The summed E-state index contributed by atoms with van der Waals surface area (Å²) in [6, 6.07) is 9.02. The van der Waals surface area contributed by atoms with Crippen molar-refractivity contribution in [2.45, 2.75) is 45.6 Å². The van der Waals surface area contributed by atoms with Crippen LogP contribution < -0.4 is 5.32 Å². The molecule has 4 rings (SSSR count). The normalized spacial score (nSPS) is 16.2. The zero-order valence-electron chi connectivity index (χ0n) is 18.4. The van der Waals surface area contributed by atoms with Gasteiger partial charge in [0.1, 0.15) is 11.4 Å². The molecule has 1 fully saturated rings. The van der Waals surface area contributed by atoms with Crippen LogP contribution in [0.1, 0.15) is 57.7 Å². The van der Waals surface area contributed by atoms with E-state index in [0.717, 1.165) is 36.1 Å². The predicted octanol–water partition coefficient (Wildman–Crippen LogP) is 3.71. The fourth-order valence-electron chi connectivity index (χ4n) is 4.13. The van der Waals surface area contributed by atoms with Crippen molar-refractivity contribution in [3.05, 3.63) is 65.2 Å². The minimum Gasteiger partial charge on any atom is -0.459 e. The fourth-order valence-corrected chi connectivity index (χ4v) is 4.13. The topological polar surface area (TPSA) is 101 Å². The van der Waals surface area contributed by atoms with Crippen molar-refractivity contribution in [3.63, 3.8) is 0 Å². The number of likely N-dealkylation sites (tertiary alicyclic amines) is 1. The summed E-state index contributed by atoms with van der Waals surface area (Å²) < 4.78 is 6.80. The first kappa shape index (κ1) is 21.8. The van der Waals surface area contributed by atoms with E-state index in [-0.39, 0.29) is 24.3 Å². The van der Waals surface area contributed by atoms with E-state index in [4.69, 9.17) is 4.42 Å². The second-order valence-corrected chi connectivity index (χ2v) is 8.18. The number of anilines is 1. The van der Waals surface area contributed by atoms with Gasteiger partial charge in [-0.05, 0) is 74.9 Å². The minimum atomic E-state index is -0.458. The Labute approximate surface area is 186 Å². The summed E-state index contributed by atoms with van der Waals surface area (Å²) in [5.41, 5.74) is 3.27. The molecule has 1 atom stereocenters. The molecule has 1 aliphatic rings. The smallest absolute Gasteiger partial charge is 0.292 e. The van der Waals surface area contributed by atoms with Crippen molar-refractivity contribution in [2.24, 2.45) is 0 Å². The molecule has 32 heavy (non-hydrogen) atoms. The molecule has 2 amide bonds. The van der Waals surface area contributed by atoms with E-state index >= 15 is 0 Å². The number of aliphatic hydroxyl groups excluding tert-OH is 1. The lowest BCUT2D eigenvalue weighted by atomic mass is 9.99. The molecule has 0 spiro atoms. The third-order valence-corrected chi connectivity index (χ3v) is 6.06. The van der Waals surface area contributed by atoms with Crippen molar-refractivity contribution in [1.82, 2.24) is 14.7 Å². The van der Waals surface area contributed by atoms with Crippen LogP contribution in [0.2, 0.25) is 0 Å². The van der Waals surface area contributed by atoms with Gasteiger partial charge >= 0.3 is 0 Å². The van der Waals surface area contributed by atoms with Gasteiger partial charge in [-0.2, -0.15) is 5.10 Å². The highest BCUT2D eigenvalue weighted by molar-refractivity contribution is 6.07. The number of piperidine rings is 1. The molecule has 1 saturated heterocycles. The molecule has 168 valence electrons. The molecule has 3 heterocycles. The lowest BCUT2D eigenvalue weighted by Gasteiger charge is -2.35. The van der Waals surface area contributed by atoms with Gasteiger partial charge in [-0.25, -0.2) is 4.68 Å². The van der Waals surface area contributed by atoms with E-state index in [1.54, 1.807) is 21.7 Å². The van der Waals surface area contributed by atoms with E-state index in [1.807, 2.05) is 32.0 Å². The monoisotopic (exact) mass is 436 g/mol. The molecule has 2 N–H and O–H groups in total. The van der Waals surface area contributed by atoms with E-state index in [9.17, 15) is 14.7 Å². The van der Waals surface area contributed by atoms with Crippen LogP contribution in [0.5, 0.6) is 0 Å². The molecule has 0 radical (unpaired) electrons. The molecular formula is C24H28N4O4. The number of carbonyl (C=O) groups is 2. The molecule has 8 nitrogen and oxygen atoms in total. The summed E-state index contributed by atoms with van der Waals surface area (Å²) in [6.45, 7) is 4.67. The lowest BCUT2D eigenvalue weighted by molar-refractivity contribution is 0.0575. The fraction of sp³-hybridized carbons (Fsp3) is 0.375. The number of furan rings is 1. The average Bonchev–Trinajstić information content (AvgIpc) is 3.46. The van der Waals surface area contributed by atoms with Crippen LogP contribution in [-0.4, -0.2) is 50.8 Å². The Morgan fingerprint density at radius 2 is 2.06 bits per heavy atom. The number of rotatable bonds is 6. The maximum Gasteiger partial charge on any atom is 0.292 e.